The molecule has 1 aromatic heterocycles. The summed E-state index contributed by atoms with van der Waals surface area (Å²) in [7, 11) is 0. The minimum atomic E-state index is -0.227. The van der Waals surface area contributed by atoms with E-state index in [1.807, 2.05) is 56.0 Å². The number of carbonyl (C=O) groups is 1. The summed E-state index contributed by atoms with van der Waals surface area (Å²) in [6.45, 7) is 6.55. The van der Waals surface area contributed by atoms with Crippen molar-refractivity contribution in [1.82, 2.24) is 9.97 Å². The molecule has 0 spiro atoms. The normalized spacial score (nSPS) is 17.9. The van der Waals surface area contributed by atoms with Crippen LogP contribution in [0.3, 0.4) is 0 Å². The smallest absolute Gasteiger partial charge is 0.249 e. The predicted molar refractivity (Wildman–Crippen MR) is 87.1 cm³/mol. The summed E-state index contributed by atoms with van der Waals surface area (Å²) >= 11 is 0. The minimum Gasteiger partial charge on any atom is -0.358 e. The first-order chi connectivity index (χ1) is 10.5. The van der Waals surface area contributed by atoms with Gasteiger partial charge >= 0.3 is 0 Å². The number of aryl methyl sites for hydroxylation is 3. The van der Waals surface area contributed by atoms with Gasteiger partial charge in [0.05, 0.1) is 0 Å². The SMILES string of the molecule is Cc1ccc(N2CCC(Nc3cc(C)nc(C)n3)C2=O)cc1. The molecule has 0 bridgehead atoms. The van der Waals surface area contributed by atoms with Gasteiger partial charge in [-0.2, -0.15) is 0 Å². The van der Waals surface area contributed by atoms with Crippen LogP contribution in [0.15, 0.2) is 30.3 Å². The van der Waals surface area contributed by atoms with E-state index in [1.165, 1.54) is 5.56 Å². The lowest BCUT2D eigenvalue weighted by molar-refractivity contribution is -0.117. The van der Waals surface area contributed by atoms with Gasteiger partial charge in [0.25, 0.3) is 0 Å². The van der Waals surface area contributed by atoms with Gasteiger partial charge in [0, 0.05) is 24.0 Å². The Morgan fingerprint density at radius 1 is 1.14 bits per heavy atom. The van der Waals surface area contributed by atoms with E-state index in [1.54, 1.807) is 0 Å². The van der Waals surface area contributed by atoms with E-state index in [2.05, 4.69) is 15.3 Å². The second-order valence-electron chi connectivity index (χ2n) is 5.75. The third kappa shape index (κ3) is 2.93. The van der Waals surface area contributed by atoms with Crippen LogP contribution >= 0.6 is 0 Å². The molecule has 1 atom stereocenters. The Labute approximate surface area is 130 Å². The molecule has 1 aliphatic heterocycles. The van der Waals surface area contributed by atoms with Gasteiger partial charge in [-0.25, -0.2) is 9.97 Å². The van der Waals surface area contributed by atoms with Crippen LogP contribution in [0.2, 0.25) is 0 Å². The Balaban J connectivity index is 1.74. The van der Waals surface area contributed by atoms with E-state index in [0.717, 1.165) is 24.3 Å². The highest BCUT2D eigenvalue weighted by molar-refractivity contribution is 6.00. The monoisotopic (exact) mass is 296 g/mol. The van der Waals surface area contributed by atoms with Crippen molar-refractivity contribution in [2.24, 2.45) is 0 Å². The molecule has 114 valence electrons. The summed E-state index contributed by atoms with van der Waals surface area (Å²) in [5, 5.41) is 3.24. The number of amides is 1. The molecule has 1 N–H and O–H groups in total. The first-order valence-electron chi connectivity index (χ1n) is 7.50. The Bertz CT molecular complexity index is 676. The van der Waals surface area contributed by atoms with Crippen LogP contribution in [-0.4, -0.2) is 28.5 Å². The average Bonchev–Trinajstić information content (AvgIpc) is 2.80. The number of aromatic nitrogens is 2. The number of hydrogen-bond acceptors (Lipinski definition) is 4. The Morgan fingerprint density at radius 2 is 1.86 bits per heavy atom. The summed E-state index contributed by atoms with van der Waals surface area (Å²) in [6.07, 6.45) is 0.773. The lowest BCUT2D eigenvalue weighted by atomic mass is 10.2. The van der Waals surface area contributed by atoms with Crippen LogP contribution in [0.4, 0.5) is 11.5 Å². The van der Waals surface area contributed by atoms with E-state index in [0.29, 0.717) is 11.6 Å². The van der Waals surface area contributed by atoms with Crippen molar-refractivity contribution in [2.45, 2.75) is 33.2 Å². The molecule has 0 radical (unpaired) electrons. The highest BCUT2D eigenvalue weighted by Gasteiger charge is 2.32. The fourth-order valence-electron chi connectivity index (χ4n) is 2.76. The summed E-state index contributed by atoms with van der Waals surface area (Å²) in [6, 6.07) is 9.69. The number of anilines is 2. The molecule has 22 heavy (non-hydrogen) atoms. The molecule has 1 fully saturated rings. The van der Waals surface area contributed by atoms with Crippen molar-refractivity contribution >= 4 is 17.4 Å². The summed E-state index contributed by atoms with van der Waals surface area (Å²) in [5.74, 6) is 1.52. The van der Waals surface area contributed by atoms with Crippen LogP contribution in [0, 0.1) is 20.8 Å². The van der Waals surface area contributed by atoms with Gasteiger partial charge in [0.1, 0.15) is 17.7 Å². The molecular weight excluding hydrogens is 276 g/mol. The Morgan fingerprint density at radius 3 is 2.55 bits per heavy atom. The predicted octanol–water partition coefficient (Wildman–Crippen LogP) is 2.62. The van der Waals surface area contributed by atoms with Gasteiger partial charge in [0.2, 0.25) is 5.91 Å². The van der Waals surface area contributed by atoms with Gasteiger partial charge in [0.15, 0.2) is 0 Å². The van der Waals surface area contributed by atoms with Crippen LogP contribution in [-0.2, 0) is 4.79 Å². The molecule has 1 unspecified atom stereocenters. The molecule has 0 aliphatic carbocycles. The minimum absolute atomic E-state index is 0.0952. The van der Waals surface area contributed by atoms with Crippen LogP contribution in [0.5, 0.6) is 0 Å². The van der Waals surface area contributed by atoms with Crippen LogP contribution in [0.25, 0.3) is 0 Å². The fraction of sp³-hybridized carbons (Fsp3) is 0.353. The first kappa shape index (κ1) is 14.5. The maximum absolute atomic E-state index is 12.6. The van der Waals surface area contributed by atoms with Crippen molar-refractivity contribution in [3.8, 4) is 0 Å². The van der Waals surface area contributed by atoms with Crippen molar-refractivity contribution in [3.05, 3.63) is 47.4 Å². The lowest BCUT2D eigenvalue weighted by Crippen LogP contribution is -2.33. The molecule has 1 amide bonds. The van der Waals surface area contributed by atoms with E-state index in [4.69, 9.17) is 0 Å². The number of benzene rings is 1. The molecule has 5 nitrogen and oxygen atoms in total. The summed E-state index contributed by atoms with van der Waals surface area (Å²) < 4.78 is 0. The molecule has 2 heterocycles. The number of nitrogens with one attached hydrogen (secondary N) is 1. The maximum Gasteiger partial charge on any atom is 0.249 e. The number of hydrogen-bond donors (Lipinski definition) is 1. The Kier molecular flexibility index (Phi) is 3.79. The van der Waals surface area contributed by atoms with Crippen molar-refractivity contribution in [3.63, 3.8) is 0 Å². The van der Waals surface area contributed by atoms with Crippen molar-refractivity contribution in [1.29, 1.82) is 0 Å². The number of carbonyl (C=O) groups excluding carboxylic acids is 1. The average molecular weight is 296 g/mol. The first-order valence-corrected chi connectivity index (χ1v) is 7.50. The van der Waals surface area contributed by atoms with E-state index < -0.39 is 0 Å². The summed E-state index contributed by atoms with van der Waals surface area (Å²) in [4.78, 5) is 23.0. The largest absolute Gasteiger partial charge is 0.358 e. The molecule has 1 saturated heterocycles. The molecular formula is C17H20N4O. The highest BCUT2D eigenvalue weighted by atomic mass is 16.2. The van der Waals surface area contributed by atoms with Crippen LogP contribution < -0.4 is 10.2 Å². The third-order valence-corrected chi connectivity index (χ3v) is 3.84. The van der Waals surface area contributed by atoms with Gasteiger partial charge in [-0.1, -0.05) is 17.7 Å². The van der Waals surface area contributed by atoms with Gasteiger partial charge in [-0.05, 0) is 39.3 Å². The molecule has 0 saturated carbocycles. The zero-order valence-corrected chi connectivity index (χ0v) is 13.1. The molecule has 1 aromatic carbocycles. The van der Waals surface area contributed by atoms with E-state index >= 15 is 0 Å². The van der Waals surface area contributed by atoms with E-state index in [9.17, 15) is 4.79 Å². The molecule has 1 aliphatic rings. The zero-order valence-electron chi connectivity index (χ0n) is 13.1. The summed E-state index contributed by atoms with van der Waals surface area (Å²) in [5.41, 5.74) is 3.04. The lowest BCUT2D eigenvalue weighted by Gasteiger charge is -2.18. The highest BCUT2D eigenvalue weighted by Crippen LogP contribution is 2.23. The maximum atomic E-state index is 12.6. The van der Waals surface area contributed by atoms with Gasteiger partial charge in [-0.15, -0.1) is 0 Å². The van der Waals surface area contributed by atoms with Gasteiger partial charge in [-0.3, -0.25) is 4.79 Å². The number of nitrogens with zero attached hydrogens (tertiary/aromatic N) is 3. The second kappa shape index (κ2) is 5.75. The molecule has 2 aromatic rings. The second-order valence-corrected chi connectivity index (χ2v) is 5.75. The third-order valence-electron chi connectivity index (χ3n) is 3.84. The number of rotatable bonds is 3. The fourth-order valence-corrected chi connectivity index (χ4v) is 2.76. The molecule has 5 heteroatoms. The topological polar surface area (TPSA) is 58.1 Å². The van der Waals surface area contributed by atoms with Crippen molar-refractivity contribution < 1.29 is 4.79 Å². The van der Waals surface area contributed by atoms with Crippen LogP contribution in [0.1, 0.15) is 23.5 Å². The van der Waals surface area contributed by atoms with Gasteiger partial charge < -0.3 is 10.2 Å². The zero-order chi connectivity index (χ0) is 15.7. The molecule has 3 rings (SSSR count). The quantitative estimate of drug-likeness (QED) is 0.946. The standard InChI is InChI=1S/C17H20N4O/c1-11-4-6-14(7-5-11)21-9-8-15(17(21)22)20-16-10-12(2)18-13(3)19-16/h4-7,10,15H,8-9H2,1-3H3,(H,18,19,20). The van der Waals surface area contributed by atoms with E-state index in [-0.39, 0.29) is 11.9 Å². The van der Waals surface area contributed by atoms with Crippen molar-refractivity contribution in [2.75, 3.05) is 16.8 Å². The Hall–Kier alpha value is -2.43.